The number of carbonyl (C=O) groups is 1. The third kappa shape index (κ3) is 2.31. The van der Waals surface area contributed by atoms with Crippen molar-refractivity contribution >= 4 is 5.97 Å². The summed E-state index contributed by atoms with van der Waals surface area (Å²) in [5, 5.41) is 18.0. The summed E-state index contributed by atoms with van der Waals surface area (Å²) in [5.74, 6) is -1.08. The number of carboxylic acids is 1. The second kappa shape index (κ2) is 4.21. The minimum absolute atomic E-state index is 0.496. The number of carboxylic acid groups (broad SMARTS) is 1. The van der Waals surface area contributed by atoms with Gasteiger partial charge in [-0.25, -0.2) is 0 Å². The maximum atomic E-state index is 10.6. The van der Waals surface area contributed by atoms with E-state index in [2.05, 4.69) is 0 Å². The summed E-state index contributed by atoms with van der Waals surface area (Å²) in [7, 11) is 0. The van der Waals surface area contributed by atoms with Gasteiger partial charge in [-0.2, -0.15) is 0 Å². The van der Waals surface area contributed by atoms with Gasteiger partial charge in [0, 0.05) is 0 Å². The van der Waals surface area contributed by atoms with Gasteiger partial charge in [0.2, 0.25) is 0 Å². The van der Waals surface area contributed by atoms with Gasteiger partial charge in [0.25, 0.3) is 0 Å². The number of aliphatic carboxylic acids is 1. The molecule has 2 unspecified atom stereocenters. The van der Waals surface area contributed by atoms with Crippen LogP contribution in [0.5, 0.6) is 0 Å². The Morgan fingerprint density at radius 3 is 2.50 bits per heavy atom. The van der Waals surface area contributed by atoms with Crippen LogP contribution < -0.4 is 5.73 Å². The molecule has 4 heteroatoms. The molecule has 0 spiro atoms. The maximum absolute atomic E-state index is 10.6. The van der Waals surface area contributed by atoms with Gasteiger partial charge in [-0.1, -0.05) is 24.3 Å². The quantitative estimate of drug-likeness (QED) is 0.666. The van der Waals surface area contributed by atoms with Crippen molar-refractivity contribution in [1.82, 2.24) is 0 Å². The molecule has 0 fully saturated rings. The molecule has 0 aromatic heterocycles. The molecule has 1 rings (SSSR count). The summed E-state index contributed by atoms with van der Waals surface area (Å²) >= 11 is 0. The molecule has 2 atom stereocenters. The zero-order chi connectivity index (χ0) is 10.7. The minimum Gasteiger partial charge on any atom is -0.480 e. The van der Waals surface area contributed by atoms with Gasteiger partial charge in [0.1, 0.15) is 6.04 Å². The van der Waals surface area contributed by atoms with Gasteiger partial charge >= 0.3 is 5.97 Å². The molecule has 76 valence electrons. The van der Waals surface area contributed by atoms with Crippen LogP contribution in [0.1, 0.15) is 30.2 Å². The second-order valence-electron chi connectivity index (χ2n) is 3.16. The van der Waals surface area contributed by atoms with Crippen LogP contribution in [0, 0.1) is 0 Å². The molecule has 14 heavy (non-hydrogen) atoms. The highest BCUT2D eigenvalue weighted by Gasteiger charge is 2.14. The van der Waals surface area contributed by atoms with Crippen LogP contribution in [0.15, 0.2) is 24.3 Å². The molecule has 0 radical (unpaired) electrons. The summed E-state index contributed by atoms with van der Waals surface area (Å²) in [5.41, 5.74) is 6.59. The Hall–Kier alpha value is -1.39. The van der Waals surface area contributed by atoms with E-state index in [1.54, 1.807) is 31.2 Å². The van der Waals surface area contributed by atoms with Gasteiger partial charge in [-0.3, -0.25) is 4.79 Å². The lowest BCUT2D eigenvalue weighted by Gasteiger charge is -2.10. The molecule has 1 aromatic carbocycles. The fraction of sp³-hybridized carbons (Fsp3) is 0.300. The van der Waals surface area contributed by atoms with Crippen molar-refractivity contribution in [2.24, 2.45) is 5.73 Å². The van der Waals surface area contributed by atoms with Crippen LogP contribution in [0.4, 0.5) is 0 Å². The first kappa shape index (κ1) is 10.7. The van der Waals surface area contributed by atoms with Gasteiger partial charge in [0.15, 0.2) is 0 Å². The van der Waals surface area contributed by atoms with Gasteiger partial charge in [-0.05, 0) is 18.1 Å². The van der Waals surface area contributed by atoms with Crippen LogP contribution in [-0.2, 0) is 4.79 Å². The van der Waals surface area contributed by atoms with Gasteiger partial charge in [0.05, 0.1) is 6.10 Å². The Kier molecular flexibility index (Phi) is 3.22. The highest BCUT2D eigenvalue weighted by Crippen LogP contribution is 2.17. The molecule has 1 aromatic rings. The molecule has 0 aliphatic heterocycles. The van der Waals surface area contributed by atoms with Gasteiger partial charge < -0.3 is 15.9 Å². The third-order valence-corrected chi connectivity index (χ3v) is 2.02. The lowest BCUT2D eigenvalue weighted by molar-refractivity contribution is -0.138. The van der Waals surface area contributed by atoms with E-state index >= 15 is 0 Å². The molecule has 0 aliphatic carbocycles. The molecular formula is C10H13NO3. The average Bonchev–Trinajstić information content (AvgIpc) is 2.16. The standard InChI is InChI=1S/C10H13NO3/c1-6(12)7-3-2-4-8(5-7)9(11)10(13)14/h2-6,9,12H,11H2,1H3,(H,13,14). The Balaban J connectivity index is 2.99. The summed E-state index contributed by atoms with van der Waals surface area (Å²) in [6.45, 7) is 1.62. The summed E-state index contributed by atoms with van der Waals surface area (Å²) < 4.78 is 0. The molecule has 0 saturated heterocycles. The summed E-state index contributed by atoms with van der Waals surface area (Å²) in [6.07, 6.45) is -0.615. The normalized spacial score (nSPS) is 14.8. The highest BCUT2D eigenvalue weighted by molar-refractivity contribution is 5.75. The third-order valence-electron chi connectivity index (χ3n) is 2.02. The van der Waals surface area contributed by atoms with Crippen molar-refractivity contribution in [3.05, 3.63) is 35.4 Å². The Morgan fingerprint density at radius 1 is 1.43 bits per heavy atom. The van der Waals surface area contributed by atoms with Crippen LogP contribution in [0.2, 0.25) is 0 Å². The van der Waals surface area contributed by atoms with Crippen LogP contribution in [0.25, 0.3) is 0 Å². The average molecular weight is 195 g/mol. The molecule has 0 aliphatic rings. The SMILES string of the molecule is CC(O)c1cccc(C(N)C(=O)O)c1. The number of aliphatic hydroxyl groups excluding tert-OH is 1. The summed E-state index contributed by atoms with van der Waals surface area (Å²) in [4.78, 5) is 10.6. The Labute approximate surface area is 82.0 Å². The maximum Gasteiger partial charge on any atom is 0.325 e. The predicted octanol–water partition coefficient (Wildman–Crippen LogP) is 0.824. The van der Waals surface area contributed by atoms with E-state index in [1.165, 1.54) is 0 Å². The number of benzene rings is 1. The largest absolute Gasteiger partial charge is 0.480 e. The fourth-order valence-corrected chi connectivity index (χ4v) is 1.15. The molecule has 4 N–H and O–H groups in total. The number of hydrogen-bond donors (Lipinski definition) is 3. The van der Waals surface area contributed by atoms with Gasteiger partial charge in [-0.15, -0.1) is 0 Å². The van der Waals surface area contributed by atoms with E-state index in [0.717, 1.165) is 0 Å². The lowest BCUT2D eigenvalue weighted by atomic mass is 10.0. The van der Waals surface area contributed by atoms with E-state index in [1.807, 2.05) is 0 Å². The van der Waals surface area contributed by atoms with Crippen molar-refractivity contribution in [3.8, 4) is 0 Å². The number of nitrogens with two attached hydrogens (primary N) is 1. The first-order valence-electron chi connectivity index (χ1n) is 4.28. The van der Waals surface area contributed by atoms with Crippen LogP contribution >= 0.6 is 0 Å². The zero-order valence-corrected chi connectivity index (χ0v) is 7.84. The Morgan fingerprint density at radius 2 is 2.00 bits per heavy atom. The molecule has 0 heterocycles. The molecule has 0 amide bonds. The predicted molar refractivity (Wildman–Crippen MR) is 51.6 cm³/mol. The van der Waals surface area contributed by atoms with Crippen LogP contribution in [-0.4, -0.2) is 16.2 Å². The fourth-order valence-electron chi connectivity index (χ4n) is 1.15. The lowest BCUT2D eigenvalue weighted by Crippen LogP contribution is -2.20. The van der Waals surface area contributed by atoms with E-state index in [0.29, 0.717) is 11.1 Å². The van der Waals surface area contributed by atoms with E-state index in [9.17, 15) is 9.90 Å². The van der Waals surface area contributed by atoms with E-state index in [-0.39, 0.29) is 0 Å². The van der Waals surface area contributed by atoms with Crippen molar-refractivity contribution < 1.29 is 15.0 Å². The summed E-state index contributed by atoms with van der Waals surface area (Å²) in [6, 6.07) is 5.60. The first-order chi connectivity index (χ1) is 6.52. The number of hydrogen-bond acceptors (Lipinski definition) is 3. The second-order valence-corrected chi connectivity index (χ2v) is 3.16. The van der Waals surface area contributed by atoms with E-state index < -0.39 is 18.1 Å². The Bertz CT molecular complexity index is 336. The molecular weight excluding hydrogens is 182 g/mol. The van der Waals surface area contributed by atoms with Crippen molar-refractivity contribution in [2.45, 2.75) is 19.1 Å². The highest BCUT2D eigenvalue weighted by atomic mass is 16.4. The number of rotatable bonds is 3. The molecule has 4 nitrogen and oxygen atoms in total. The van der Waals surface area contributed by atoms with E-state index in [4.69, 9.17) is 10.8 Å². The zero-order valence-electron chi connectivity index (χ0n) is 7.84. The monoisotopic (exact) mass is 195 g/mol. The van der Waals surface area contributed by atoms with Crippen molar-refractivity contribution in [1.29, 1.82) is 0 Å². The van der Waals surface area contributed by atoms with Crippen LogP contribution in [0.3, 0.4) is 0 Å². The molecule has 0 bridgehead atoms. The molecule has 0 saturated carbocycles. The van der Waals surface area contributed by atoms with Crippen molar-refractivity contribution in [3.63, 3.8) is 0 Å². The van der Waals surface area contributed by atoms with Crippen molar-refractivity contribution in [2.75, 3.05) is 0 Å². The minimum atomic E-state index is -1.08. The smallest absolute Gasteiger partial charge is 0.325 e. The first-order valence-corrected chi connectivity index (χ1v) is 4.28. The topological polar surface area (TPSA) is 83.5 Å². The number of aliphatic hydroxyl groups is 1.